The van der Waals surface area contributed by atoms with Crippen LogP contribution in [0, 0.1) is 5.92 Å². The number of halogens is 3. The second-order valence-corrected chi connectivity index (χ2v) is 7.25. The summed E-state index contributed by atoms with van der Waals surface area (Å²) in [4.78, 5) is 12.2. The molecular formula is C18H16F3N3S. The average Bonchev–Trinajstić information content (AvgIpc) is 3.06. The monoisotopic (exact) mass is 363 g/mol. The van der Waals surface area contributed by atoms with Gasteiger partial charge in [-0.25, -0.2) is 9.97 Å². The first-order valence-corrected chi connectivity index (χ1v) is 8.95. The maximum atomic E-state index is 13.1. The Labute approximate surface area is 147 Å². The van der Waals surface area contributed by atoms with E-state index in [0.717, 1.165) is 20.7 Å². The van der Waals surface area contributed by atoms with E-state index in [1.807, 2.05) is 36.4 Å². The summed E-state index contributed by atoms with van der Waals surface area (Å²) in [5.41, 5.74) is 1.07. The third-order valence-corrected chi connectivity index (χ3v) is 5.64. The van der Waals surface area contributed by atoms with Gasteiger partial charge < -0.3 is 4.90 Å². The van der Waals surface area contributed by atoms with Gasteiger partial charge in [0.15, 0.2) is 0 Å². The molecule has 1 aliphatic rings. The highest BCUT2D eigenvalue weighted by Gasteiger charge is 2.42. The molecule has 0 N–H and O–H groups in total. The topological polar surface area (TPSA) is 29.0 Å². The lowest BCUT2D eigenvalue weighted by molar-refractivity contribution is -0.176. The predicted octanol–water partition coefficient (Wildman–Crippen LogP) is 5.14. The molecule has 0 radical (unpaired) electrons. The van der Waals surface area contributed by atoms with Crippen molar-refractivity contribution in [2.24, 2.45) is 5.92 Å². The molecule has 3 heterocycles. The fourth-order valence-electron chi connectivity index (χ4n) is 3.28. The smallest absolute Gasteiger partial charge is 0.355 e. The molecule has 25 heavy (non-hydrogen) atoms. The molecule has 1 aliphatic heterocycles. The van der Waals surface area contributed by atoms with E-state index in [4.69, 9.17) is 0 Å². The van der Waals surface area contributed by atoms with Crippen LogP contribution in [-0.2, 0) is 0 Å². The van der Waals surface area contributed by atoms with Crippen molar-refractivity contribution < 1.29 is 13.2 Å². The van der Waals surface area contributed by atoms with Crippen LogP contribution in [0.3, 0.4) is 0 Å². The van der Waals surface area contributed by atoms with Gasteiger partial charge in [-0.05, 0) is 24.5 Å². The summed E-state index contributed by atoms with van der Waals surface area (Å²) in [6, 6.07) is 11.9. The molecule has 1 fully saturated rings. The fraction of sp³-hybridized carbons (Fsp3) is 0.333. The largest absolute Gasteiger partial charge is 0.393 e. The molecule has 3 nitrogen and oxygen atoms in total. The van der Waals surface area contributed by atoms with Crippen LogP contribution in [0.25, 0.3) is 20.7 Å². The molecule has 0 bridgehead atoms. The number of fused-ring (bicyclic) bond motifs is 1. The van der Waals surface area contributed by atoms with Crippen LogP contribution < -0.4 is 4.90 Å². The second kappa shape index (κ2) is 6.29. The maximum absolute atomic E-state index is 13.1. The van der Waals surface area contributed by atoms with E-state index in [-0.39, 0.29) is 13.0 Å². The van der Waals surface area contributed by atoms with Gasteiger partial charge in [-0.3, -0.25) is 0 Å². The van der Waals surface area contributed by atoms with E-state index >= 15 is 0 Å². The number of piperidine rings is 1. The third-order valence-electron chi connectivity index (χ3n) is 4.55. The van der Waals surface area contributed by atoms with E-state index in [1.54, 1.807) is 4.90 Å². The van der Waals surface area contributed by atoms with Gasteiger partial charge in [-0.15, -0.1) is 11.3 Å². The Morgan fingerprint density at radius 2 is 1.92 bits per heavy atom. The fourth-order valence-corrected chi connectivity index (χ4v) is 4.28. The SMILES string of the molecule is FC(F)(F)[C@H]1CCCN(c2ncnc3sc(-c4ccccc4)cc23)C1. The molecule has 1 atom stereocenters. The summed E-state index contributed by atoms with van der Waals surface area (Å²) in [5.74, 6) is -0.684. The lowest BCUT2D eigenvalue weighted by Gasteiger charge is -2.34. The van der Waals surface area contributed by atoms with Crippen molar-refractivity contribution in [3.8, 4) is 10.4 Å². The summed E-state index contributed by atoms with van der Waals surface area (Å²) in [6.07, 6.45) is -2.01. The Morgan fingerprint density at radius 1 is 1.12 bits per heavy atom. The third kappa shape index (κ3) is 3.20. The molecule has 2 aromatic heterocycles. The number of aromatic nitrogens is 2. The zero-order valence-corrected chi connectivity index (χ0v) is 14.1. The number of hydrogen-bond donors (Lipinski definition) is 0. The lowest BCUT2D eigenvalue weighted by Crippen LogP contribution is -2.42. The Hall–Kier alpha value is -2.15. The highest BCUT2D eigenvalue weighted by Crippen LogP contribution is 2.39. The zero-order chi connectivity index (χ0) is 17.4. The highest BCUT2D eigenvalue weighted by molar-refractivity contribution is 7.21. The van der Waals surface area contributed by atoms with Crippen LogP contribution in [0.1, 0.15) is 12.8 Å². The number of hydrogen-bond acceptors (Lipinski definition) is 4. The maximum Gasteiger partial charge on any atom is 0.393 e. The molecule has 7 heteroatoms. The van der Waals surface area contributed by atoms with Crippen molar-refractivity contribution in [1.82, 2.24) is 9.97 Å². The first-order valence-electron chi connectivity index (χ1n) is 8.14. The van der Waals surface area contributed by atoms with E-state index < -0.39 is 12.1 Å². The molecule has 130 valence electrons. The van der Waals surface area contributed by atoms with Gasteiger partial charge >= 0.3 is 6.18 Å². The summed E-state index contributed by atoms with van der Waals surface area (Å²) in [5, 5.41) is 0.828. The van der Waals surface area contributed by atoms with Gasteiger partial charge in [-0.2, -0.15) is 13.2 Å². The molecule has 0 amide bonds. The Kier molecular flexibility index (Phi) is 4.11. The minimum absolute atomic E-state index is 0.0356. The second-order valence-electron chi connectivity index (χ2n) is 6.22. The first-order chi connectivity index (χ1) is 12.0. The van der Waals surface area contributed by atoms with Crippen molar-refractivity contribution >= 4 is 27.4 Å². The van der Waals surface area contributed by atoms with Crippen LogP contribution in [-0.4, -0.2) is 29.2 Å². The van der Waals surface area contributed by atoms with Crippen molar-refractivity contribution in [1.29, 1.82) is 0 Å². The van der Waals surface area contributed by atoms with Gasteiger partial charge in [0.1, 0.15) is 17.0 Å². The molecule has 0 unspecified atom stereocenters. The zero-order valence-electron chi connectivity index (χ0n) is 13.3. The molecule has 1 aromatic carbocycles. The van der Waals surface area contributed by atoms with Gasteiger partial charge in [-0.1, -0.05) is 30.3 Å². The van der Waals surface area contributed by atoms with E-state index in [0.29, 0.717) is 18.8 Å². The highest BCUT2D eigenvalue weighted by atomic mass is 32.1. The molecule has 0 spiro atoms. The normalized spacial score (nSPS) is 18.7. The van der Waals surface area contributed by atoms with E-state index in [2.05, 4.69) is 9.97 Å². The lowest BCUT2D eigenvalue weighted by atomic mass is 9.97. The van der Waals surface area contributed by atoms with Crippen LogP contribution in [0.5, 0.6) is 0 Å². The Bertz CT molecular complexity index is 876. The van der Waals surface area contributed by atoms with Gasteiger partial charge in [0, 0.05) is 18.0 Å². The number of rotatable bonds is 2. The summed E-state index contributed by atoms with van der Waals surface area (Å²) in [6.45, 7) is 0.557. The number of alkyl halides is 3. The van der Waals surface area contributed by atoms with Gasteiger partial charge in [0.2, 0.25) is 0 Å². The van der Waals surface area contributed by atoms with E-state index in [9.17, 15) is 13.2 Å². The summed E-state index contributed by atoms with van der Waals surface area (Å²) >= 11 is 1.53. The average molecular weight is 363 g/mol. The molecule has 4 rings (SSSR count). The molecule has 0 saturated carbocycles. The minimum Gasteiger partial charge on any atom is -0.355 e. The van der Waals surface area contributed by atoms with Crippen LogP contribution in [0.2, 0.25) is 0 Å². The summed E-state index contributed by atoms with van der Waals surface area (Å²) < 4.78 is 39.3. The molecule has 1 saturated heterocycles. The number of anilines is 1. The predicted molar refractivity (Wildman–Crippen MR) is 93.8 cm³/mol. The number of thiophene rings is 1. The van der Waals surface area contributed by atoms with Crippen molar-refractivity contribution in [2.75, 3.05) is 18.0 Å². The van der Waals surface area contributed by atoms with Gasteiger partial charge in [0.05, 0.1) is 11.3 Å². The standard InChI is InChI=1S/C18H16F3N3S/c19-18(20,21)13-7-4-8-24(10-13)16-14-9-15(12-5-2-1-3-6-12)25-17(14)23-11-22-16/h1-3,5-6,9,11,13H,4,7-8,10H2/t13-/m0/s1. The van der Waals surface area contributed by atoms with Crippen molar-refractivity contribution in [3.05, 3.63) is 42.7 Å². The Morgan fingerprint density at radius 3 is 2.68 bits per heavy atom. The minimum atomic E-state index is -4.16. The number of nitrogens with zero attached hydrogens (tertiary/aromatic N) is 3. The molecular weight excluding hydrogens is 347 g/mol. The van der Waals surface area contributed by atoms with Crippen LogP contribution in [0.15, 0.2) is 42.7 Å². The van der Waals surface area contributed by atoms with Crippen LogP contribution in [0.4, 0.5) is 19.0 Å². The molecule has 3 aromatic rings. The molecule has 0 aliphatic carbocycles. The van der Waals surface area contributed by atoms with Crippen LogP contribution >= 0.6 is 11.3 Å². The first kappa shape index (κ1) is 16.3. The quantitative estimate of drug-likeness (QED) is 0.631. The van der Waals surface area contributed by atoms with Gasteiger partial charge in [0.25, 0.3) is 0 Å². The van der Waals surface area contributed by atoms with Crippen molar-refractivity contribution in [2.45, 2.75) is 19.0 Å². The number of benzene rings is 1. The Balaban J connectivity index is 1.71. The van der Waals surface area contributed by atoms with Crippen molar-refractivity contribution in [3.63, 3.8) is 0 Å². The van der Waals surface area contributed by atoms with E-state index in [1.165, 1.54) is 17.7 Å². The summed E-state index contributed by atoms with van der Waals surface area (Å²) in [7, 11) is 0.